The number of carbonyl (C=O) groups is 1. The Labute approximate surface area is 145 Å². The lowest BCUT2D eigenvalue weighted by Gasteiger charge is -2.32. The fourth-order valence-electron chi connectivity index (χ4n) is 3.36. The van der Waals surface area contributed by atoms with E-state index in [-0.39, 0.29) is 5.91 Å². The fourth-order valence-corrected chi connectivity index (χ4v) is 3.64. The normalized spacial score (nSPS) is 18.9. The van der Waals surface area contributed by atoms with Crippen LogP contribution in [0.4, 0.5) is 5.69 Å². The summed E-state index contributed by atoms with van der Waals surface area (Å²) in [5, 5.41) is 0.545. The minimum Gasteiger partial charge on any atom is -0.338 e. The second-order valence-electron chi connectivity index (χ2n) is 6.00. The van der Waals surface area contributed by atoms with E-state index in [0.717, 1.165) is 12.8 Å². The number of fused-ring (bicyclic) bond motifs is 2. The summed E-state index contributed by atoms with van der Waals surface area (Å²) in [6, 6.07) is 15.6. The summed E-state index contributed by atoms with van der Waals surface area (Å²) >= 11 is 6.41. The van der Waals surface area contributed by atoms with E-state index in [0.29, 0.717) is 36.0 Å². The lowest BCUT2D eigenvalue weighted by atomic mass is 10.1. The van der Waals surface area contributed by atoms with Crippen LogP contribution >= 0.6 is 11.6 Å². The minimum atomic E-state index is -1.32. The molecule has 0 unspecified atom stereocenters. The van der Waals surface area contributed by atoms with Crippen molar-refractivity contribution in [2.75, 3.05) is 24.7 Å². The zero-order valence-electron chi connectivity index (χ0n) is 13.2. The highest BCUT2D eigenvalue weighted by molar-refractivity contribution is 6.35. The van der Waals surface area contributed by atoms with Gasteiger partial charge in [-0.2, -0.15) is 0 Å². The molecular weight excluding hydrogens is 326 g/mol. The molecule has 0 bridgehead atoms. The van der Waals surface area contributed by atoms with Crippen LogP contribution in [0.2, 0.25) is 5.02 Å². The fraction of sp³-hybridized carbons (Fsp3) is 0.316. The second-order valence-corrected chi connectivity index (χ2v) is 6.40. The molecule has 1 fully saturated rings. The Morgan fingerprint density at radius 1 is 1.04 bits per heavy atom. The van der Waals surface area contributed by atoms with Gasteiger partial charge in [-0.3, -0.25) is 4.79 Å². The van der Waals surface area contributed by atoms with Crippen LogP contribution in [0.1, 0.15) is 17.5 Å². The smallest absolute Gasteiger partial charge is 0.292 e. The van der Waals surface area contributed by atoms with Crippen LogP contribution in [0.25, 0.3) is 0 Å². The molecule has 1 amide bonds. The Hall–Kier alpha value is -1.88. The molecular formula is C19H18ClNO3. The molecule has 4 rings (SSSR count). The van der Waals surface area contributed by atoms with Gasteiger partial charge in [0.2, 0.25) is 0 Å². The van der Waals surface area contributed by atoms with E-state index in [4.69, 9.17) is 21.1 Å². The van der Waals surface area contributed by atoms with Crippen molar-refractivity contribution in [3.05, 3.63) is 64.7 Å². The molecule has 2 aromatic carbocycles. The highest BCUT2D eigenvalue weighted by Gasteiger charge is 2.55. The standard InChI is InChI=1S/C19H18ClNO3/c20-16-9-4-8-15-17(16)21(11-10-14-6-2-1-3-7-14)18(22)19(15)23-12-5-13-24-19/h1-4,6-9H,5,10-13H2. The third-order valence-electron chi connectivity index (χ3n) is 4.50. The van der Waals surface area contributed by atoms with Crippen LogP contribution in [-0.2, 0) is 26.5 Å². The van der Waals surface area contributed by atoms with E-state index in [1.165, 1.54) is 5.56 Å². The molecule has 24 heavy (non-hydrogen) atoms. The van der Waals surface area contributed by atoms with Gasteiger partial charge in [-0.15, -0.1) is 0 Å². The molecule has 2 aliphatic heterocycles. The first-order chi connectivity index (χ1) is 11.7. The molecule has 1 saturated heterocycles. The van der Waals surface area contributed by atoms with Gasteiger partial charge in [0.05, 0.1) is 23.9 Å². The Kier molecular flexibility index (Phi) is 4.04. The summed E-state index contributed by atoms with van der Waals surface area (Å²) in [7, 11) is 0. The van der Waals surface area contributed by atoms with Gasteiger partial charge in [-0.25, -0.2) is 0 Å². The Morgan fingerprint density at radius 2 is 1.79 bits per heavy atom. The summed E-state index contributed by atoms with van der Waals surface area (Å²) in [4.78, 5) is 14.8. The van der Waals surface area contributed by atoms with Crippen molar-refractivity contribution >= 4 is 23.2 Å². The van der Waals surface area contributed by atoms with Gasteiger partial charge in [-0.05, 0) is 24.5 Å². The molecule has 0 aliphatic carbocycles. The van der Waals surface area contributed by atoms with Crippen LogP contribution < -0.4 is 4.90 Å². The molecule has 0 N–H and O–H groups in total. The number of ether oxygens (including phenoxy) is 2. The van der Waals surface area contributed by atoms with E-state index in [2.05, 4.69) is 12.1 Å². The van der Waals surface area contributed by atoms with Crippen LogP contribution in [-0.4, -0.2) is 25.7 Å². The number of halogens is 1. The van der Waals surface area contributed by atoms with Gasteiger partial charge in [0.25, 0.3) is 11.7 Å². The van der Waals surface area contributed by atoms with Gasteiger partial charge in [-0.1, -0.05) is 54.1 Å². The molecule has 2 aliphatic rings. The SMILES string of the molecule is O=C1N(CCc2ccccc2)c2c(Cl)cccc2C12OCCCO2. The Morgan fingerprint density at radius 3 is 2.54 bits per heavy atom. The summed E-state index contributed by atoms with van der Waals surface area (Å²) < 4.78 is 11.7. The number of rotatable bonds is 3. The maximum absolute atomic E-state index is 13.1. The number of hydrogen-bond donors (Lipinski definition) is 0. The van der Waals surface area contributed by atoms with Gasteiger partial charge in [0, 0.05) is 12.1 Å². The minimum absolute atomic E-state index is 0.179. The number of benzene rings is 2. The van der Waals surface area contributed by atoms with E-state index in [1.54, 1.807) is 11.0 Å². The molecule has 1 spiro atoms. The first-order valence-corrected chi connectivity index (χ1v) is 8.53. The van der Waals surface area contributed by atoms with Gasteiger partial charge >= 0.3 is 0 Å². The number of carbonyl (C=O) groups excluding carboxylic acids is 1. The van der Waals surface area contributed by atoms with E-state index >= 15 is 0 Å². The van der Waals surface area contributed by atoms with Gasteiger partial charge in [0.1, 0.15) is 0 Å². The topological polar surface area (TPSA) is 38.8 Å². The number of amides is 1. The van der Waals surface area contributed by atoms with Crippen molar-refractivity contribution in [3.8, 4) is 0 Å². The van der Waals surface area contributed by atoms with Crippen molar-refractivity contribution in [3.63, 3.8) is 0 Å². The van der Waals surface area contributed by atoms with Gasteiger partial charge < -0.3 is 14.4 Å². The average molecular weight is 344 g/mol. The quantitative estimate of drug-likeness (QED) is 0.856. The van der Waals surface area contributed by atoms with Crippen molar-refractivity contribution in [2.45, 2.75) is 18.6 Å². The second kappa shape index (κ2) is 6.20. The Balaban J connectivity index is 1.69. The van der Waals surface area contributed by atoms with Crippen LogP contribution in [0.15, 0.2) is 48.5 Å². The molecule has 0 radical (unpaired) electrons. The van der Waals surface area contributed by atoms with Crippen molar-refractivity contribution in [1.82, 2.24) is 0 Å². The highest BCUT2D eigenvalue weighted by Crippen LogP contribution is 2.48. The molecule has 2 aromatic rings. The first-order valence-electron chi connectivity index (χ1n) is 8.15. The summed E-state index contributed by atoms with van der Waals surface area (Å²) in [6.45, 7) is 1.54. The van der Waals surface area contributed by atoms with Crippen molar-refractivity contribution < 1.29 is 14.3 Å². The molecule has 5 heteroatoms. The summed E-state index contributed by atoms with van der Waals surface area (Å²) in [6.07, 6.45) is 1.53. The zero-order valence-corrected chi connectivity index (χ0v) is 14.0. The molecule has 0 aromatic heterocycles. The molecule has 124 valence electrons. The maximum Gasteiger partial charge on any atom is 0.292 e. The third kappa shape index (κ3) is 2.42. The predicted octanol–water partition coefficient (Wildman–Crippen LogP) is 3.52. The number of para-hydroxylation sites is 1. The molecule has 4 nitrogen and oxygen atoms in total. The predicted molar refractivity (Wildman–Crippen MR) is 92.2 cm³/mol. The first kappa shape index (κ1) is 15.6. The number of hydrogen-bond acceptors (Lipinski definition) is 3. The summed E-state index contributed by atoms with van der Waals surface area (Å²) in [5.74, 6) is -1.50. The van der Waals surface area contributed by atoms with E-state index in [9.17, 15) is 4.79 Å². The number of anilines is 1. The molecule has 2 heterocycles. The van der Waals surface area contributed by atoms with Crippen LogP contribution in [0.5, 0.6) is 0 Å². The average Bonchev–Trinajstić information content (AvgIpc) is 2.85. The monoisotopic (exact) mass is 343 g/mol. The van der Waals surface area contributed by atoms with Crippen LogP contribution in [0, 0.1) is 0 Å². The lowest BCUT2D eigenvalue weighted by Crippen LogP contribution is -2.47. The maximum atomic E-state index is 13.1. The highest BCUT2D eigenvalue weighted by atomic mass is 35.5. The summed E-state index contributed by atoms with van der Waals surface area (Å²) in [5.41, 5.74) is 2.60. The zero-order chi connectivity index (χ0) is 16.6. The number of nitrogens with zero attached hydrogens (tertiary/aromatic N) is 1. The lowest BCUT2D eigenvalue weighted by molar-refractivity contribution is -0.256. The van der Waals surface area contributed by atoms with E-state index in [1.807, 2.05) is 30.3 Å². The van der Waals surface area contributed by atoms with Crippen LogP contribution in [0.3, 0.4) is 0 Å². The molecule has 0 saturated carbocycles. The molecule has 0 atom stereocenters. The third-order valence-corrected chi connectivity index (χ3v) is 4.81. The largest absolute Gasteiger partial charge is 0.338 e. The van der Waals surface area contributed by atoms with Crippen molar-refractivity contribution in [2.24, 2.45) is 0 Å². The van der Waals surface area contributed by atoms with Gasteiger partial charge in [0.15, 0.2) is 0 Å². The van der Waals surface area contributed by atoms with E-state index < -0.39 is 5.79 Å². The van der Waals surface area contributed by atoms with Crippen molar-refractivity contribution in [1.29, 1.82) is 0 Å². The Bertz CT molecular complexity index is 756.